The van der Waals surface area contributed by atoms with Gasteiger partial charge < -0.3 is 20.7 Å². The molecule has 3 aromatic carbocycles. The molecular formula is C26H21ClFN5O3. The second-order valence-electron chi connectivity index (χ2n) is 7.60. The van der Waals surface area contributed by atoms with Crippen LogP contribution in [0.3, 0.4) is 0 Å². The van der Waals surface area contributed by atoms with Crippen LogP contribution in [0.15, 0.2) is 79.0 Å². The molecule has 36 heavy (non-hydrogen) atoms. The molecule has 0 aliphatic carbocycles. The molecule has 0 radical (unpaired) electrons. The molecule has 0 fully saturated rings. The standard InChI is InChI=1S/C26H21ClFN5O3/c1-36-23(34)14-16-6-10-19(11-7-16)31-26-29-15-21(28)24(33-26)30-18-12-8-17(9-13-18)25(35)32-22-5-3-2-4-20(22)27/h2-13,15H,14H2,1H3,(H,32,35)(H2,29,30,31,33). The van der Waals surface area contributed by atoms with Crippen molar-refractivity contribution in [2.45, 2.75) is 6.42 Å². The van der Waals surface area contributed by atoms with Crippen molar-refractivity contribution in [2.24, 2.45) is 0 Å². The van der Waals surface area contributed by atoms with Crippen LogP contribution in [0, 0.1) is 5.82 Å². The number of ether oxygens (including phenoxy) is 1. The van der Waals surface area contributed by atoms with Crippen molar-refractivity contribution in [3.8, 4) is 0 Å². The molecule has 1 aromatic heterocycles. The summed E-state index contributed by atoms with van der Waals surface area (Å²) in [5, 5.41) is 9.07. The van der Waals surface area contributed by atoms with Crippen molar-refractivity contribution >= 4 is 52.3 Å². The summed E-state index contributed by atoms with van der Waals surface area (Å²) < 4.78 is 19.0. The highest BCUT2D eigenvalue weighted by atomic mass is 35.5. The molecule has 3 N–H and O–H groups in total. The topological polar surface area (TPSA) is 105 Å². The van der Waals surface area contributed by atoms with Gasteiger partial charge in [0.2, 0.25) is 5.95 Å². The van der Waals surface area contributed by atoms with Gasteiger partial charge in [0.05, 0.1) is 30.4 Å². The molecule has 182 valence electrons. The number of esters is 1. The van der Waals surface area contributed by atoms with E-state index in [2.05, 4.69) is 30.7 Å². The van der Waals surface area contributed by atoms with E-state index in [1.807, 2.05) is 0 Å². The van der Waals surface area contributed by atoms with E-state index in [4.69, 9.17) is 11.6 Å². The second kappa shape index (κ2) is 11.3. The number of benzene rings is 3. The fourth-order valence-electron chi connectivity index (χ4n) is 3.19. The minimum Gasteiger partial charge on any atom is -0.469 e. The lowest BCUT2D eigenvalue weighted by Gasteiger charge is -2.11. The maximum absolute atomic E-state index is 14.4. The molecule has 0 bridgehead atoms. The van der Waals surface area contributed by atoms with Gasteiger partial charge in [-0.3, -0.25) is 9.59 Å². The molecule has 1 heterocycles. The van der Waals surface area contributed by atoms with Gasteiger partial charge in [-0.05, 0) is 54.1 Å². The number of hydrogen-bond acceptors (Lipinski definition) is 7. The summed E-state index contributed by atoms with van der Waals surface area (Å²) in [7, 11) is 1.34. The first-order valence-corrected chi connectivity index (χ1v) is 11.2. The number of nitrogens with zero attached hydrogens (tertiary/aromatic N) is 2. The monoisotopic (exact) mass is 505 g/mol. The van der Waals surface area contributed by atoms with Gasteiger partial charge in [0, 0.05) is 16.9 Å². The lowest BCUT2D eigenvalue weighted by molar-refractivity contribution is -0.139. The summed E-state index contributed by atoms with van der Waals surface area (Å²) in [6, 6.07) is 20.5. The van der Waals surface area contributed by atoms with Crippen LogP contribution in [0.25, 0.3) is 0 Å². The average molecular weight is 506 g/mol. The van der Waals surface area contributed by atoms with Crippen LogP contribution in [0.4, 0.5) is 33.2 Å². The number of aromatic nitrogens is 2. The summed E-state index contributed by atoms with van der Waals surface area (Å²) in [6.07, 6.45) is 1.22. The van der Waals surface area contributed by atoms with E-state index in [-0.39, 0.29) is 30.1 Å². The predicted molar refractivity (Wildman–Crippen MR) is 137 cm³/mol. The molecule has 0 aliphatic heterocycles. The molecule has 10 heteroatoms. The number of carbonyl (C=O) groups excluding carboxylic acids is 2. The van der Waals surface area contributed by atoms with Gasteiger partial charge in [-0.2, -0.15) is 4.98 Å². The molecule has 0 spiro atoms. The zero-order chi connectivity index (χ0) is 25.5. The summed E-state index contributed by atoms with van der Waals surface area (Å²) in [4.78, 5) is 32.0. The Labute approximate surface area is 211 Å². The van der Waals surface area contributed by atoms with Gasteiger partial charge in [0.15, 0.2) is 11.6 Å². The highest BCUT2D eigenvalue weighted by molar-refractivity contribution is 6.33. The van der Waals surface area contributed by atoms with E-state index in [0.29, 0.717) is 27.6 Å². The number of carbonyl (C=O) groups is 2. The van der Waals surface area contributed by atoms with E-state index in [1.54, 1.807) is 72.8 Å². The van der Waals surface area contributed by atoms with Crippen LogP contribution in [0.1, 0.15) is 15.9 Å². The zero-order valence-corrected chi connectivity index (χ0v) is 19.8. The maximum Gasteiger partial charge on any atom is 0.309 e. The first-order chi connectivity index (χ1) is 17.4. The first kappa shape index (κ1) is 24.6. The Morgan fingerprint density at radius 2 is 1.61 bits per heavy atom. The van der Waals surface area contributed by atoms with Crippen molar-refractivity contribution < 1.29 is 18.7 Å². The number of methoxy groups -OCH3 is 1. The van der Waals surface area contributed by atoms with E-state index in [1.165, 1.54) is 7.11 Å². The number of anilines is 5. The normalized spacial score (nSPS) is 10.4. The lowest BCUT2D eigenvalue weighted by atomic mass is 10.1. The van der Waals surface area contributed by atoms with Crippen LogP contribution in [0.2, 0.25) is 5.02 Å². The quantitative estimate of drug-likeness (QED) is 0.263. The Morgan fingerprint density at radius 3 is 2.31 bits per heavy atom. The fourth-order valence-corrected chi connectivity index (χ4v) is 3.37. The van der Waals surface area contributed by atoms with Crippen molar-refractivity contribution in [2.75, 3.05) is 23.1 Å². The number of halogens is 2. The third kappa shape index (κ3) is 6.34. The summed E-state index contributed by atoms with van der Waals surface area (Å²) in [5.74, 6) is -1.16. The third-order valence-electron chi connectivity index (χ3n) is 5.06. The smallest absolute Gasteiger partial charge is 0.309 e. The largest absolute Gasteiger partial charge is 0.469 e. The number of para-hydroxylation sites is 1. The SMILES string of the molecule is COC(=O)Cc1ccc(Nc2ncc(F)c(Nc3ccc(C(=O)Nc4ccccc4Cl)cc3)n2)cc1. The summed E-state index contributed by atoms with van der Waals surface area (Å²) >= 11 is 6.09. The highest BCUT2D eigenvalue weighted by Gasteiger charge is 2.11. The predicted octanol–water partition coefficient (Wildman–Crippen LogP) is 5.72. The van der Waals surface area contributed by atoms with Gasteiger partial charge >= 0.3 is 5.97 Å². The van der Waals surface area contributed by atoms with Gasteiger partial charge in [0.1, 0.15) is 0 Å². The van der Waals surface area contributed by atoms with Gasteiger partial charge in [-0.1, -0.05) is 35.9 Å². The first-order valence-electron chi connectivity index (χ1n) is 10.8. The Morgan fingerprint density at radius 1 is 0.944 bits per heavy atom. The summed E-state index contributed by atoms with van der Waals surface area (Å²) in [6.45, 7) is 0. The molecular weight excluding hydrogens is 485 g/mol. The van der Waals surface area contributed by atoms with Crippen molar-refractivity contribution in [3.63, 3.8) is 0 Å². The number of hydrogen-bond donors (Lipinski definition) is 3. The molecule has 0 unspecified atom stereocenters. The molecule has 4 rings (SSSR count). The van der Waals surface area contributed by atoms with Crippen molar-refractivity contribution in [3.05, 3.63) is 101 Å². The Bertz CT molecular complexity index is 1380. The minimum atomic E-state index is -0.644. The van der Waals surface area contributed by atoms with Crippen molar-refractivity contribution in [1.82, 2.24) is 9.97 Å². The fraction of sp³-hybridized carbons (Fsp3) is 0.0769. The molecule has 4 aromatic rings. The van der Waals surface area contributed by atoms with Crippen LogP contribution in [-0.2, 0) is 16.0 Å². The Balaban J connectivity index is 1.41. The second-order valence-corrected chi connectivity index (χ2v) is 8.01. The zero-order valence-electron chi connectivity index (χ0n) is 19.1. The maximum atomic E-state index is 14.4. The van der Waals surface area contributed by atoms with Gasteiger partial charge in [-0.25, -0.2) is 9.37 Å². The van der Waals surface area contributed by atoms with Crippen LogP contribution in [0.5, 0.6) is 0 Å². The Kier molecular flexibility index (Phi) is 7.72. The van der Waals surface area contributed by atoms with Gasteiger partial charge in [-0.15, -0.1) is 0 Å². The Hall–Kier alpha value is -4.50. The van der Waals surface area contributed by atoms with Gasteiger partial charge in [0.25, 0.3) is 5.91 Å². The number of nitrogens with one attached hydrogen (secondary N) is 3. The summed E-state index contributed by atoms with van der Waals surface area (Å²) in [5.41, 5.74) is 2.89. The molecule has 8 nitrogen and oxygen atoms in total. The van der Waals surface area contributed by atoms with Crippen LogP contribution in [-0.4, -0.2) is 29.0 Å². The molecule has 0 saturated heterocycles. The minimum absolute atomic E-state index is 0.0388. The van der Waals surface area contributed by atoms with E-state index in [0.717, 1.165) is 11.8 Å². The van der Waals surface area contributed by atoms with E-state index in [9.17, 15) is 14.0 Å². The van der Waals surface area contributed by atoms with Crippen LogP contribution >= 0.6 is 11.6 Å². The van der Waals surface area contributed by atoms with Crippen molar-refractivity contribution in [1.29, 1.82) is 0 Å². The van der Waals surface area contributed by atoms with Crippen LogP contribution < -0.4 is 16.0 Å². The number of rotatable bonds is 8. The number of amides is 1. The van der Waals surface area contributed by atoms with E-state index >= 15 is 0 Å². The molecule has 0 saturated carbocycles. The third-order valence-corrected chi connectivity index (χ3v) is 5.39. The lowest BCUT2D eigenvalue weighted by Crippen LogP contribution is -2.12. The molecule has 1 amide bonds. The average Bonchev–Trinajstić information content (AvgIpc) is 2.89. The highest BCUT2D eigenvalue weighted by Crippen LogP contribution is 2.23. The molecule has 0 aliphatic rings. The van der Waals surface area contributed by atoms with E-state index < -0.39 is 5.82 Å². The molecule has 0 atom stereocenters.